The number of β-amino-alcohol motifs (C(OH)–C–C–N with tert-alkyl or cyclic N) is 1. The molecule has 3 heterocycles. The van der Waals surface area contributed by atoms with Gasteiger partial charge in [-0.3, -0.25) is 9.69 Å². The summed E-state index contributed by atoms with van der Waals surface area (Å²) in [5, 5.41) is 14.0. The normalized spacial score (nSPS) is 14.3. The second-order valence-electron chi connectivity index (χ2n) is 8.14. The van der Waals surface area contributed by atoms with Crippen LogP contribution in [0.2, 0.25) is 5.02 Å². The Labute approximate surface area is 208 Å². The van der Waals surface area contributed by atoms with E-state index in [0.29, 0.717) is 38.9 Å². The van der Waals surface area contributed by atoms with Gasteiger partial charge in [-0.1, -0.05) is 35.1 Å². The molecular weight excluding hydrogens is 474 g/mol. The largest absolute Gasteiger partial charge is 0.395 e. The van der Waals surface area contributed by atoms with Gasteiger partial charge in [0.05, 0.1) is 23.5 Å². The summed E-state index contributed by atoms with van der Waals surface area (Å²) in [4.78, 5) is 32.4. The van der Waals surface area contributed by atoms with Gasteiger partial charge in [0, 0.05) is 45.8 Å². The van der Waals surface area contributed by atoms with Crippen LogP contribution in [0.5, 0.6) is 0 Å². The number of aliphatic hydroxyl groups is 1. The van der Waals surface area contributed by atoms with Gasteiger partial charge < -0.3 is 20.2 Å². The van der Waals surface area contributed by atoms with Crippen LogP contribution in [0, 0.1) is 13.8 Å². The number of amides is 1. The predicted octanol–water partition coefficient (Wildman–Crippen LogP) is 3.34. The zero-order valence-corrected chi connectivity index (χ0v) is 21.0. The number of halogens is 1. The Balaban J connectivity index is 1.46. The van der Waals surface area contributed by atoms with Crippen LogP contribution in [0.3, 0.4) is 0 Å². The number of rotatable bonds is 7. The molecule has 0 atom stereocenters. The van der Waals surface area contributed by atoms with E-state index in [2.05, 4.69) is 30.1 Å². The lowest BCUT2D eigenvalue weighted by molar-refractivity contribution is 0.0992. The molecule has 11 heteroatoms. The molecule has 0 saturated carbocycles. The predicted molar refractivity (Wildman–Crippen MR) is 137 cm³/mol. The SMILES string of the molecule is Cc1nc(Nc2cnc(C(=O)N(C)c3c(C)cccc3Cl)s2)cc(N2CCN(CCO)CC2)n1. The molecule has 1 saturated heterocycles. The number of carbonyl (C=O) groups excluding carboxylic acids is 1. The number of carbonyl (C=O) groups is 1. The van der Waals surface area contributed by atoms with Gasteiger partial charge in [0.25, 0.3) is 5.91 Å². The first-order valence-electron chi connectivity index (χ1n) is 11.1. The van der Waals surface area contributed by atoms with Crippen molar-refractivity contribution in [3.05, 3.63) is 51.9 Å². The number of thiazole rings is 1. The van der Waals surface area contributed by atoms with Crippen molar-refractivity contribution < 1.29 is 9.90 Å². The van der Waals surface area contributed by atoms with Crippen LogP contribution in [0.4, 0.5) is 22.3 Å². The number of hydrogen-bond acceptors (Lipinski definition) is 9. The number of aromatic nitrogens is 3. The monoisotopic (exact) mass is 501 g/mol. The first kappa shape index (κ1) is 24.3. The van der Waals surface area contributed by atoms with Crippen molar-refractivity contribution in [2.24, 2.45) is 0 Å². The van der Waals surface area contributed by atoms with Crippen molar-refractivity contribution >= 4 is 51.2 Å². The minimum Gasteiger partial charge on any atom is -0.395 e. The minimum absolute atomic E-state index is 0.174. The Bertz CT molecular complexity index is 1140. The molecule has 1 aliphatic heterocycles. The molecule has 4 rings (SSSR count). The molecule has 0 bridgehead atoms. The molecule has 3 aromatic rings. The quantitative estimate of drug-likeness (QED) is 0.508. The van der Waals surface area contributed by atoms with E-state index in [1.807, 2.05) is 32.0 Å². The number of hydrogen-bond donors (Lipinski definition) is 2. The fraction of sp³-hybridized carbons (Fsp3) is 0.391. The summed E-state index contributed by atoms with van der Waals surface area (Å²) in [6.45, 7) is 8.08. The summed E-state index contributed by atoms with van der Waals surface area (Å²) >= 11 is 7.59. The maximum atomic E-state index is 13.0. The second kappa shape index (κ2) is 10.6. The Hall–Kier alpha value is -2.79. The Morgan fingerprint density at radius 1 is 1.24 bits per heavy atom. The van der Waals surface area contributed by atoms with Crippen LogP contribution < -0.4 is 15.1 Å². The highest BCUT2D eigenvalue weighted by atomic mass is 35.5. The molecule has 1 amide bonds. The molecule has 1 aromatic carbocycles. The zero-order valence-electron chi connectivity index (χ0n) is 19.5. The van der Waals surface area contributed by atoms with E-state index >= 15 is 0 Å². The maximum absolute atomic E-state index is 13.0. The van der Waals surface area contributed by atoms with Gasteiger partial charge in [0.1, 0.15) is 22.5 Å². The third-order valence-corrected chi connectivity index (χ3v) is 6.91. The van der Waals surface area contributed by atoms with Crippen LogP contribution in [-0.4, -0.2) is 77.2 Å². The highest BCUT2D eigenvalue weighted by Crippen LogP contribution is 2.31. The fourth-order valence-electron chi connectivity index (χ4n) is 3.97. The Morgan fingerprint density at radius 3 is 2.71 bits per heavy atom. The Kier molecular flexibility index (Phi) is 7.62. The lowest BCUT2D eigenvalue weighted by Gasteiger charge is -2.35. The van der Waals surface area contributed by atoms with Crippen LogP contribution in [0.15, 0.2) is 30.5 Å². The van der Waals surface area contributed by atoms with Crippen molar-refractivity contribution in [1.82, 2.24) is 19.9 Å². The number of nitrogens with zero attached hydrogens (tertiary/aromatic N) is 6. The lowest BCUT2D eigenvalue weighted by atomic mass is 10.2. The molecule has 180 valence electrons. The minimum atomic E-state index is -0.227. The van der Waals surface area contributed by atoms with E-state index in [9.17, 15) is 4.79 Å². The summed E-state index contributed by atoms with van der Waals surface area (Å²) in [6.07, 6.45) is 1.63. The molecule has 1 fully saturated rings. The molecule has 0 radical (unpaired) electrons. The maximum Gasteiger partial charge on any atom is 0.287 e. The topological polar surface area (TPSA) is 97.7 Å². The van der Waals surface area contributed by atoms with E-state index in [-0.39, 0.29) is 12.5 Å². The van der Waals surface area contributed by atoms with Crippen LogP contribution >= 0.6 is 22.9 Å². The third-order valence-electron chi connectivity index (χ3n) is 5.71. The average molecular weight is 502 g/mol. The molecule has 0 spiro atoms. The highest BCUT2D eigenvalue weighted by molar-refractivity contribution is 7.17. The molecule has 2 aromatic heterocycles. The van der Waals surface area contributed by atoms with Gasteiger partial charge in [-0.2, -0.15) is 0 Å². The molecule has 1 aliphatic rings. The summed E-state index contributed by atoms with van der Waals surface area (Å²) in [6, 6.07) is 7.46. The molecule has 9 nitrogen and oxygen atoms in total. The summed E-state index contributed by atoms with van der Waals surface area (Å²) in [7, 11) is 1.70. The number of para-hydroxylation sites is 1. The zero-order chi connectivity index (χ0) is 24.2. The van der Waals surface area contributed by atoms with E-state index < -0.39 is 0 Å². The van der Waals surface area contributed by atoms with Crippen molar-refractivity contribution in [3.63, 3.8) is 0 Å². The molecule has 2 N–H and O–H groups in total. The molecule has 34 heavy (non-hydrogen) atoms. The number of anilines is 4. The van der Waals surface area contributed by atoms with Gasteiger partial charge in [-0.25, -0.2) is 15.0 Å². The number of aliphatic hydroxyl groups excluding tert-OH is 1. The van der Waals surface area contributed by atoms with Crippen LogP contribution in [0.25, 0.3) is 0 Å². The van der Waals surface area contributed by atoms with Gasteiger partial charge in [0.15, 0.2) is 5.01 Å². The van der Waals surface area contributed by atoms with Crippen molar-refractivity contribution in [1.29, 1.82) is 0 Å². The smallest absolute Gasteiger partial charge is 0.287 e. The van der Waals surface area contributed by atoms with Gasteiger partial charge in [-0.15, -0.1) is 0 Å². The van der Waals surface area contributed by atoms with E-state index in [1.165, 1.54) is 16.2 Å². The van der Waals surface area contributed by atoms with E-state index in [4.69, 9.17) is 16.7 Å². The number of piperazine rings is 1. The summed E-state index contributed by atoms with van der Waals surface area (Å²) < 4.78 is 0. The number of aryl methyl sites for hydroxylation is 2. The number of nitrogens with one attached hydrogen (secondary N) is 1. The van der Waals surface area contributed by atoms with E-state index in [0.717, 1.165) is 37.6 Å². The fourth-order valence-corrected chi connectivity index (χ4v) is 5.12. The van der Waals surface area contributed by atoms with Crippen LogP contribution in [-0.2, 0) is 0 Å². The summed E-state index contributed by atoms with van der Waals surface area (Å²) in [5.41, 5.74) is 1.59. The standard InChI is InChI=1S/C23H28ClN7O2S/c1-15-5-4-6-17(24)21(15)29(3)23(33)22-25-14-20(34-22)28-18-13-19(27-16(2)26-18)31-9-7-30(8-10-31)11-12-32/h4-6,13-14,32H,7-12H2,1-3H3,(H,26,27,28). The first-order chi connectivity index (χ1) is 16.4. The molecule has 0 aliphatic carbocycles. The number of benzene rings is 1. The average Bonchev–Trinajstić information content (AvgIpc) is 3.27. The molecular formula is C23H28ClN7O2S. The first-order valence-corrected chi connectivity index (χ1v) is 12.2. The van der Waals surface area contributed by atoms with Gasteiger partial charge in [0.2, 0.25) is 0 Å². The summed E-state index contributed by atoms with van der Waals surface area (Å²) in [5.74, 6) is 1.94. The van der Waals surface area contributed by atoms with Gasteiger partial charge in [-0.05, 0) is 25.5 Å². The Morgan fingerprint density at radius 2 is 2.00 bits per heavy atom. The molecule has 0 unspecified atom stereocenters. The lowest BCUT2D eigenvalue weighted by Crippen LogP contribution is -2.47. The highest BCUT2D eigenvalue weighted by Gasteiger charge is 2.22. The van der Waals surface area contributed by atoms with Crippen molar-refractivity contribution in [2.45, 2.75) is 13.8 Å². The second-order valence-corrected chi connectivity index (χ2v) is 9.57. The van der Waals surface area contributed by atoms with Crippen molar-refractivity contribution in [2.75, 3.05) is 61.5 Å². The third kappa shape index (κ3) is 5.47. The van der Waals surface area contributed by atoms with Crippen LogP contribution in [0.1, 0.15) is 21.2 Å². The van der Waals surface area contributed by atoms with Gasteiger partial charge >= 0.3 is 0 Å². The van der Waals surface area contributed by atoms with Crippen molar-refractivity contribution in [3.8, 4) is 0 Å². The van der Waals surface area contributed by atoms with E-state index in [1.54, 1.807) is 19.3 Å².